The topological polar surface area (TPSA) is 13.1 Å². The van der Waals surface area contributed by atoms with Crippen LogP contribution in [-0.4, -0.2) is 0 Å². The Morgan fingerprint density at radius 3 is 1.25 bits per heavy atom. The van der Waals surface area contributed by atoms with Crippen molar-refractivity contribution in [3.05, 3.63) is 193 Å². The lowest BCUT2D eigenvalue weighted by molar-refractivity contribution is 0.660. The lowest BCUT2D eigenvalue weighted by Gasteiger charge is -2.24. The molecule has 1 nitrogen and oxygen atoms in total. The molecule has 1 heteroatoms. The minimum absolute atomic E-state index is 0.0813. The van der Waals surface area contributed by atoms with E-state index in [0.29, 0.717) is 0 Å². The van der Waals surface area contributed by atoms with Crippen molar-refractivity contribution in [1.29, 1.82) is 0 Å². The molecule has 10 aromatic carbocycles. The highest BCUT2D eigenvalue weighted by atomic mass is 16.3. The van der Waals surface area contributed by atoms with E-state index >= 15 is 0 Å². The summed E-state index contributed by atoms with van der Waals surface area (Å²) in [5.41, 5.74) is 14.7. The molecule has 0 saturated heterocycles. The average molecular weight is 713 g/mol. The van der Waals surface area contributed by atoms with Crippen molar-refractivity contribution in [2.24, 2.45) is 0 Å². The molecule has 0 fully saturated rings. The van der Waals surface area contributed by atoms with Crippen molar-refractivity contribution in [3.8, 4) is 44.5 Å². The number of rotatable bonds is 3. The molecule has 0 N–H and O–H groups in total. The lowest BCUT2D eigenvalue weighted by Crippen LogP contribution is -2.14. The predicted molar refractivity (Wildman–Crippen MR) is 238 cm³/mol. The Morgan fingerprint density at radius 1 is 0.304 bits per heavy atom. The molecule has 0 radical (unpaired) electrons. The van der Waals surface area contributed by atoms with Crippen molar-refractivity contribution in [1.82, 2.24) is 0 Å². The Labute approximate surface area is 325 Å². The Kier molecular flexibility index (Phi) is 6.46. The fraction of sp³-hybridized carbons (Fsp3) is 0.0545. The zero-order valence-corrected chi connectivity index (χ0v) is 31.2. The molecule has 11 aromatic rings. The summed E-state index contributed by atoms with van der Waals surface area (Å²) in [4.78, 5) is 0. The molecule has 0 saturated carbocycles. The minimum atomic E-state index is -0.0813. The summed E-state index contributed by atoms with van der Waals surface area (Å²) in [6.45, 7) is 4.74. The second-order valence-electron chi connectivity index (χ2n) is 15.9. The van der Waals surface area contributed by atoms with Crippen molar-refractivity contribution >= 4 is 65.0 Å². The van der Waals surface area contributed by atoms with Gasteiger partial charge < -0.3 is 4.42 Å². The van der Waals surface area contributed by atoms with Gasteiger partial charge in [-0.3, -0.25) is 0 Å². The van der Waals surface area contributed by atoms with Crippen LogP contribution in [0.5, 0.6) is 0 Å². The first-order valence-electron chi connectivity index (χ1n) is 19.6. The first-order chi connectivity index (χ1) is 27.6. The molecule has 0 spiro atoms. The number of hydrogen-bond acceptors (Lipinski definition) is 1. The molecule has 262 valence electrons. The zero-order valence-electron chi connectivity index (χ0n) is 31.2. The molecule has 1 aliphatic rings. The fourth-order valence-corrected chi connectivity index (χ4v) is 10.2. The summed E-state index contributed by atoms with van der Waals surface area (Å²) >= 11 is 0. The fourth-order valence-electron chi connectivity index (χ4n) is 10.2. The maximum atomic E-state index is 6.43. The summed E-state index contributed by atoms with van der Waals surface area (Å²) in [6.07, 6.45) is 0. The van der Waals surface area contributed by atoms with Gasteiger partial charge in [0.2, 0.25) is 0 Å². The van der Waals surface area contributed by atoms with E-state index in [1.54, 1.807) is 0 Å². The van der Waals surface area contributed by atoms with E-state index < -0.39 is 0 Å². The third-order valence-corrected chi connectivity index (χ3v) is 12.7. The molecule has 1 heterocycles. The van der Waals surface area contributed by atoms with Crippen molar-refractivity contribution in [2.45, 2.75) is 19.3 Å². The molecule has 1 aromatic heterocycles. The number of benzene rings is 10. The van der Waals surface area contributed by atoms with Gasteiger partial charge in [0.05, 0.1) is 0 Å². The molecule has 0 atom stereocenters. The molecule has 12 rings (SSSR count). The van der Waals surface area contributed by atoms with E-state index in [0.717, 1.165) is 27.5 Å². The zero-order chi connectivity index (χ0) is 37.1. The second-order valence-corrected chi connectivity index (χ2v) is 15.9. The van der Waals surface area contributed by atoms with Crippen LogP contribution in [0.2, 0.25) is 0 Å². The first-order valence-corrected chi connectivity index (χ1v) is 19.6. The van der Waals surface area contributed by atoms with E-state index in [1.165, 1.54) is 93.2 Å². The second kappa shape index (κ2) is 11.5. The lowest BCUT2D eigenvalue weighted by atomic mass is 9.79. The van der Waals surface area contributed by atoms with Crippen molar-refractivity contribution in [2.75, 3.05) is 0 Å². The molecule has 0 bridgehead atoms. The van der Waals surface area contributed by atoms with Crippen molar-refractivity contribution < 1.29 is 4.42 Å². The number of hydrogen-bond donors (Lipinski definition) is 0. The van der Waals surface area contributed by atoms with Gasteiger partial charge in [0.25, 0.3) is 0 Å². The minimum Gasteiger partial charge on any atom is -0.456 e. The van der Waals surface area contributed by atoms with Gasteiger partial charge in [-0.15, -0.1) is 0 Å². The number of furan rings is 1. The summed E-state index contributed by atoms with van der Waals surface area (Å²) in [7, 11) is 0. The molecular formula is C55H36O. The van der Waals surface area contributed by atoms with Crippen molar-refractivity contribution in [3.63, 3.8) is 0 Å². The number of para-hydroxylation sites is 1. The molecule has 56 heavy (non-hydrogen) atoms. The average Bonchev–Trinajstić information content (AvgIpc) is 3.73. The largest absolute Gasteiger partial charge is 0.456 e. The molecule has 0 amide bonds. The van der Waals surface area contributed by atoms with Crippen LogP contribution in [0.4, 0.5) is 0 Å². The quantitative estimate of drug-likeness (QED) is 0.166. The van der Waals surface area contributed by atoms with Crippen LogP contribution in [0, 0.1) is 0 Å². The summed E-state index contributed by atoms with van der Waals surface area (Å²) in [5, 5.41) is 12.3. The van der Waals surface area contributed by atoms with E-state index in [-0.39, 0.29) is 5.41 Å². The smallest absolute Gasteiger partial charge is 0.136 e. The van der Waals surface area contributed by atoms with Crippen LogP contribution in [-0.2, 0) is 5.41 Å². The first kappa shape index (κ1) is 31.4. The van der Waals surface area contributed by atoms with Gasteiger partial charge in [0, 0.05) is 16.2 Å². The van der Waals surface area contributed by atoms with Gasteiger partial charge >= 0.3 is 0 Å². The highest BCUT2D eigenvalue weighted by molar-refractivity contribution is 6.30. The van der Waals surface area contributed by atoms with Crippen LogP contribution in [0.25, 0.3) is 110 Å². The summed E-state index contributed by atoms with van der Waals surface area (Å²) < 4.78 is 6.43. The molecule has 0 unspecified atom stereocenters. The standard InChI is InChI=1S/C55H36O/c1-55(2)47-25-13-11-15-35(47)36-29-27-33(31-48(36)55)51-39-17-3-7-21-43(39)53(44-22-8-4-18-40(44)51)54-45-23-9-5-19-41(45)52(42-20-6-10-24-46(42)54)34-28-30-38-37-16-12-14-26-49(37)56-50(38)32-34/h3-32H,1-2H3. The van der Waals surface area contributed by atoms with Crippen LogP contribution in [0.3, 0.4) is 0 Å². The van der Waals surface area contributed by atoms with Crippen LogP contribution in [0.15, 0.2) is 186 Å². The third-order valence-electron chi connectivity index (χ3n) is 12.7. The van der Waals surface area contributed by atoms with Gasteiger partial charge in [-0.2, -0.15) is 0 Å². The SMILES string of the molecule is CC1(C)c2ccccc2-c2ccc(-c3c4ccccc4c(-c4c5ccccc5c(-c5ccc6c(c5)oc5ccccc56)c5ccccc45)c4ccccc34)cc21. The van der Waals surface area contributed by atoms with Gasteiger partial charge in [-0.1, -0.05) is 172 Å². The Hall–Kier alpha value is -6.96. The predicted octanol–water partition coefficient (Wildman–Crippen LogP) is 15.5. The third kappa shape index (κ3) is 4.26. The Balaban J connectivity index is 1.16. The Bertz CT molecular complexity index is 3330. The maximum absolute atomic E-state index is 6.43. The van der Waals surface area contributed by atoms with E-state index in [2.05, 4.69) is 190 Å². The van der Waals surface area contributed by atoms with Gasteiger partial charge in [-0.05, 0) is 123 Å². The normalized spacial score (nSPS) is 13.3. The van der Waals surface area contributed by atoms with Crippen LogP contribution >= 0.6 is 0 Å². The van der Waals surface area contributed by atoms with Gasteiger partial charge in [-0.25, -0.2) is 0 Å². The maximum Gasteiger partial charge on any atom is 0.136 e. The van der Waals surface area contributed by atoms with Gasteiger partial charge in [0.15, 0.2) is 0 Å². The molecule has 0 aliphatic heterocycles. The van der Waals surface area contributed by atoms with Crippen LogP contribution in [0.1, 0.15) is 25.0 Å². The van der Waals surface area contributed by atoms with E-state index in [4.69, 9.17) is 4.42 Å². The molecule has 1 aliphatic carbocycles. The number of fused-ring (bicyclic) bond motifs is 10. The molecular weight excluding hydrogens is 677 g/mol. The highest BCUT2D eigenvalue weighted by Gasteiger charge is 2.35. The van der Waals surface area contributed by atoms with Crippen LogP contribution < -0.4 is 0 Å². The summed E-state index contributed by atoms with van der Waals surface area (Å²) in [5.74, 6) is 0. The highest BCUT2D eigenvalue weighted by Crippen LogP contribution is 2.53. The summed E-state index contributed by atoms with van der Waals surface area (Å²) in [6, 6.07) is 67.2. The van der Waals surface area contributed by atoms with E-state index in [9.17, 15) is 0 Å². The monoisotopic (exact) mass is 712 g/mol. The van der Waals surface area contributed by atoms with E-state index in [1.807, 2.05) is 6.07 Å². The Morgan fingerprint density at radius 2 is 0.696 bits per heavy atom. The van der Waals surface area contributed by atoms with Gasteiger partial charge in [0.1, 0.15) is 11.2 Å².